The monoisotopic (exact) mass is 356 g/mol. The molecular formula is C20H40N2O3. The van der Waals surface area contributed by atoms with Gasteiger partial charge in [0.1, 0.15) is 6.04 Å². The maximum absolute atomic E-state index is 12.2. The van der Waals surface area contributed by atoms with Gasteiger partial charge in [0.15, 0.2) is 0 Å². The van der Waals surface area contributed by atoms with Crippen LogP contribution in [0, 0.1) is 0 Å². The predicted octanol–water partition coefficient (Wildman–Crippen LogP) is 4.21. The van der Waals surface area contributed by atoms with E-state index in [1.807, 2.05) is 7.05 Å². The average Bonchev–Trinajstić information content (AvgIpc) is 2.59. The summed E-state index contributed by atoms with van der Waals surface area (Å²) in [4.78, 5) is 25.1. The molecule has 0 aromatic heterocycles. The smallest absolute Gasteiger partial charge is 0.326 e. The average molecular weight is 357 g/mol. The lowest BCUT2D eigenvalue weighted by Crippen LogP contribution is -2.42. The van der Waals surface area contributed by atoms with Crippen LogP contribution >= 0.6 is 0 Å². The van der Waals surface area contributed by atoms with E-state index in [-0.39, 0.29) is 5.91 Å². The van der Waals surface area contributed by atoms with Gasteiger partial charge >= 0.3 is 5.97 Å². The topological polar surface area (TPSA) is 69.6 Å². The van der Waals surface area contributed by atoms with Crippen LogP contribution in [0.25, 0.3) is 0 Å². The van der Waals surface area contributed by atoms with Crippen molar-refractivity contribution in [1.29, 1.82) is 0 Å². The van der Waals surface area contributed by atoms with Gasteiger partial charge in [0.2, 0.25) is 5.91 Å². The van der Waals surface area contributed by atoms with Crippen LogP contribution in [0.3, 0.4) is 0 Å². The number of carbonyl (C=O) groups excluding carboxylic acids is 1. The minimum Gasteiger partial charge on any atom is -0.480 e. The van der Waals surface area contributed by atoms with Crippen molar-refractivity contribution in [1.82, 2.24) is 10.2 Å². The lowest BCUT2D eigenvalue weighted by Gasteiger charge is -2.25. The molecule has 0 saturated carbocycles. The standard InChI is InChI=1S/C20H40N2O3/c1-4-5-6-7-8-9-10-11-12-16-19(23)22(3)18(20(24)25)15-13-14-17-21-2/h18,21H,4-17H2,1-3H3,(H,24,25)/t18-/m0/s1. The molecule has 1 atom stereocenters. The molecule has 0 saturated heterocycles. The van der Waals surface area contributed by atoms with E-state index in [2.05, 4.69) is 12.2 Å². The number of rotatable bonds is 17. The highest BCUT2D eigenvalue weighted by Crippen LogP contribution is 2.13. The summed E-state index contributed by atoms with van der Waals surface area (Å²) >= 11 is 0. The number of hydrogen-bond donors (Lipinski definition) is 2. The molecule has 0 rings (SSSR count). The van der Waals surface area contributed by atoms with Gasteiger partial charge in [-0.2, -0.15) is 0 Å². The summed E-state index contributed by atoms with van der Waals surface area (Å²) in [5.41, 5.74) is 0. The summed E-state index contributed by atoms with van der Waals surface area (Å²) in [6, 6.07) is -0.692. The van der Waals surface area contributed by atoms with Crippen LogP contribution in [0.1, 0.15) is 90.4 Å². The second-order valence-corrected chi connectivity index (χ2v) is 7.04. The lowest BCUT2D eigenvalue weighted by atomic mass is 10.1. The van der Waals surface area contributed by atoms with Crippen molar-refractivity contribution < 1.29 is 14.7 Å². The van der Waals surface area contributed by atoms with Crippen molar-refractivity contribution in [3.05, 3.63) is 0 Å². The lowest BCUT2D eigenvalue weighted by molar-refractivity contribution is -0.149. The highest BCUT2D eigenvalue weighted by molar-refractivity contribution is 5.83. The first-order valence-corrected chi connectivity index (χ1v) is 10.2. The Morgan fingerprint density at radius 2 is 1.48 bits per heavy atom. The highest BCUT2D eigenvalue weighted by Gasteiger charge is 2.25. The molecule has 0 unspecified atom stereocenters. The van der Waals surface area contributed by atoms with Crippen molar-refractivity contribution in [3.63, 3.8) is 0 Å². The Bertz CT molecular complexity index is 348. The molecule has 0 aliphatic carbocycles. The number of nitrogens with one attached hydrogen (secondary N) is 1. The molecular weight excluding hydrogens is 316 g/mol. The first-order chi connectivity index (χ1) is 12.0. The Morgan fingerprint density at radius 3 is 2.00 bits per heavy atom. The zero-order valence-corrected chi connectivity index (χ0v) is 16.7. The molecule has 0 fully saturated rings. The van der Waals surface area contributed by atoms with Crippen LogP contribution < -0.4 is 5.32 Å². The van der Waals surface area contributed by atoms with Crippen LogP contribution in [-0.2, 0) is 9.59 Å². The Morgan fingerprint density at radius 1 is 0.920 bits per heavy atom. The van der Waals surface area contributed by atoms with E-state index < -0.39 is 12.0 Å². The Kier molecular flexibility index (Phi) is 15.7. The molecule has 2 N–H and O–H groups in total. The first-order valence-electron chi connectivity index (χ1n) is 10.2. The van der Waals surface area contributed by atoms with Gasteiger partial charge in [-0.15, -0.1) is 0 Å². The molecule has 148 valence electrons. The van der Waals surface area contributed by atoms with Crippen LogP contribution in [0.2, 0.25) is 0 Å². The highest BCUT2D eigenvalue weighted by atomic mass is 16.4. The van der Waals surface area contributed by atoms with Gasteiger partial charge in [0, 0.05) is 13.5 Å². The number of nitrogens with zero attached hydrogens (tertiary/aromatic N) is 1. The number of likely N-dealkylation sites (N-methyl/N-ethyl adjacent to an activating group) is 1. The quantitative estimate of drug-likeness (QED) is 0.383. The van der Waals surface area contributed by atoms with Gasteiger partial charge in [0.25, 0.3) is 0 Å². The van der Waals surface area contributed by atoms with E-state index in [9.17, 15) is 14.7 Å². The maximum atomic E-state index is 12.2. The fourth-order valence-corrected chi connectivity index (χ4v) is 3.06. The molecule has 0 aromatic carbocycles. The number of hydrogen-bond acceptors (Lipinski definition) is 3. The minimum atomic E-state index is -0.896. The second-order valence-electron chi connectivity index (χ2n) is 7.04. The van der Waals surface area contributed by atoms with E-state index >= 15 is 0 Å². The third-order valence-electron chi connectivity index (χ3n) is 4.79. The number of amides is 1. The maximum Gasteiger partial charge on any atom is 0.326 e. The van der Waals surface area contributed by atoms with Crippen molar-refractivity contribution in [3.8, 4) is 0 Å². The number of aliphatic carboxylic acids is 1. The van der Waals surface area contributed by atoms with Crippen LogP contribution in [0.4, 0.5) is 0 Å². The zero-order chi connectivity index (χ0) is 18.9. The fourth-order valence-electron chi connectivity index (χ4n) is 3.06. The van der Waals surface area contributed by atoms with Gasteiger partial charge in [-0.05, 0) is 39.3 Å². The molecule has 0 aromatic rings. The SMILES string of the molecule is CCCCCCCCCCCC(=O)N(C)[C@@H](CCCCNC)C(=O)O. The van der Waals surface area contributed by atoms with E-state index in [4.69, 9.17) is 0 Å². The summed E-state index contributed by atoms with van der Waals surface area (Å²) in [6.45, 7) is 3.10. The molecule has 0 spiro atoms. The molecule has 0 radical (unpaired) electrons. The van der Waals surface area contributed by atoms with Gasteiger partial charge in [0.05, 0.1) is 0 Å². The van der Waals surface area contributed by atoms with Gasteiger partial charge < -0.3 is 15.3 Å². The van der Waals surface area contributed by atoms with Gasteiger partial charge in [-0.25, -0.2) is 4.79 Å². The summed E-state index contributed by atoms with van der Waals surface area (Å²) < 4.78 is 0. The number of unbranched alkanes of at least 4 members (excludes halogenated alkanes) is 9. The Labute approximate surface area is 154 Å². The van der Waals surface area contributed by atoms with E-state index in [1.54, 1.807) is 7.05 Å². The number of carboxylic acids is 1. The Hall–Kier alpha value is -1.10. The molecule has 1 amide bonds. The van der Waals surface area contributed by atoms with Crippen LogP contribution in [-0.4, -0.2) is 48.6 Å². The summed E-state index contributed by atoms with van der Waals surface area (Å²) in [5.74, 6) is -0.934. The van der Waals surface area contributed by atoms with Gasteiger partial charge in [-0.3, -0.25) is 4.79 Å². The third-order valence-corrected chi connectivity index (χ3v) is 4.79. The fraction of sp³-hybridized carbons (Fsp3) is 0.900. The molecule has 25 heavy (non-hydrogen) atoms. The molecule has 5 heteroatoms. The van der Waals surface area contributed by atoms with Gasteiger partial charge in [-0.1, -0.05) is 58.3 Å². The van der Waals surface area contributed by atoms with E-state index in [0.717, 1.165) is 32.2 Å². The first kappa shape index (κ1) is 23.9. The number of carboxylic acid groups (broad SMARTS) is 1. The second kappa shape index (κ2) is 16.4. The van der Waals surface area contributed by atoms with Crippen molar-refractivity contribution in [2.75, 3.05) is 20.6 Å². The van der Waals surface area contributed by atoms with Crippen molar-refractivity contribution >= 4 is 11.9 Å². The molecule has 0 heterocycles. The Balaban J connectivity index is 3.87. The van der Waals surface area contributed by atoms with Crippen molar-refractivity contribution in [2.45, 2.75) is 96.4 Å². The third kappa shape index (κ3) is 12.9. The summed E-state index contributed by atoms with van der Waals surface area (Å²) in [6.07, 6.45) is 13.7. The predicted molar refractivity (Wildman–Crippen MR) is 104 cm³/mol. The largest absolute Gasteiger partial charge is 0.480 e. The summed E-state index contributed by atoms with van der Waals surface area (Å²) in [7, 11) is 3.52. The molecule has 0 aliphatic rings. The normalized spacial score (nSPS) is 12.1. The van der Waals surface area contributed by atoms with E-state index in [1.165, 1.54) is 49.8 Å². The molecule has 5 nitrogen and oxygen atoms in total. The zero-order valence-electron chi connectivity index (χ0n) is 16.7. The minimum absolute atomic E-state index is 0.0380. The van der Waals surface area contributed by atoms with Crippen LogP contribution in [0.15, 0.2) is 0 Å². The summed E-state index contributed by atoms with van der Waals surface area (Å²) in [5, 5.41) is 12.4. The number of carbonyl (C=O) groups is 2. The molecule has 0 aliphatic heterocycles. The van der Waals surface area contributed by atoms with Crippen LogP contribution in [0.5, 0.6) is 0 Å². The van der Waals surface area contributed by atoms with Crippen molar-refractivity contribution in [2.24, 2.45) is 0 Å². The van der Waals surface area contributed by atoms with E-state index in [0.29, 0.717) is 12.8 Å². The molecule has 0 bridgehead atoms.